The lowest BCUT2D eigenvalue weighted by Gasteiger charge is -2.23. The molecule has 1 aliphatic carbocycles. The average molecular weight is 302 g/mol. The molecule has 0 fully saturated rings. The maximum Gasteiger partial charge on any atom is 0.325 e. The molecule has 0 aromatic carbocycles. The first kappa shape index (κ1) is 15.8. The lowest BCUT2D eigenvalue weighted by molar-refractivity contribution is -0.141. The number of nitrogens with zero attached hydrogens (tertiary/aromatic N) is 1. The predicted octanol–water partition coefficient (Wildman–Crippen LogP) is 1.96. The lowest BCUT2D eigenvalue weighted by Crippen LogP contribution is -2.30. The molecule has 1 atom stereocenters. The van der Waals surface area contributed by atoms with Gasteiger partial charge in [-0.3, -0.25) is 9.59 Å². The normalized spacial score (nSPS) is 18.0. The van der Waals surface area contributed by atoms with E-state index in [2.05, 4.69) is 5.32 Å². The highest BCUT2D eigenvalue weighted by molar-refractivity contribution is 6.01. The van der Waals surface area contributed by atoms with Crippen LogP contribution >= 0.6 is 0 Å². The van der Waals surface area contributed by atoms with E-state index in [1.54, 1.807) is 6.92 Å². The van der Waals surface area contributed by atoms with Gasteiger partial charge in [-0.1, -0.05) is 0 Å². The number of hydrogen-bond donors (Lipinski definition) is 1. The average Bonchev–Trinajstić information content (AvgIpc) is 2.91. The zero-order valence-corrected chi connectivity index (χ0v) is 12.6. The number of Topliss-reactive ketones (excluding diaryl/α,β-unsaturated/α-hetero) is 1. The highest BCUT2D eigenvalue weighted by atomic mass is 16.5. The Hall–Kier alpha value is -2.55. The van der Waals surface area contributed by atoms with Crippen LogP contribution in [0.3, 0.4) is 0 Å². The third-order valence-corrected chi connectivity index (χ3v) is 3.49. The molecule has 0 bridgehead atoms. The van der Waals surface area contributed by atoms with Crippen molar-refractivity contribution in [1.82, 2.24) is 5.32 Å². The number of hydrogen-bond acceptors (Lipinski definition) is 6. The summed E-state index contributed by atoms with van der Waals surface area (Å²) in [6.45, 7) is 3.78. The molecule has 0 radical (unpaired) electrons. The summed E-state index contributed by atoms with van der Waals surface area (Å²) in [5.41, 5.74) is 0.565. The van der Waals surface area contributed by atoms with Gasteiger partial charge in [-0.15, -0.1) is 0 Å². The lowest BCUT2D eigenvalue weighted by atomic mass is 9.85. The Morgan fingerprint density at radius 1 is 1.50 bits per heavy atom. The minimum Gasteiger partial charge on any atom is -0.466 e. The molecule has 0 saturated carbocycles. The molecule has 1 aliphatic rings. The van der Waals surface area contributed by atoms with E-state index in [-0.39, 0.29) is 36.8 Å². The largest absolute Gasteiger partial charge is 0.466 e. The fourth-order valence-corrected chi connectivity index (χ4v) is 2.47. The zero-order chi connectivity index (χ0) is 16.1. The standard InChI is InChI=1S/C16H18N2O4/c1-3-21-16(20)9-18-13-6-11(7-14(19)12(13)8-17)15-5-4-10(2)22-15/h4-5,11,18H,3,6-7,9H2,1-2H3. The number of ketones is 1. The second-order valence-corrected chi connectivity index (χ2v) is 5.10. The van der Waals surface area contributed by atoms with Crippen LogP contribution in [0.4, 0.5) is 0 Å². The highest BCUT2D eigenvalue weighted by Crippen LogP contribution is 2.34. The molecule has 2 rings (SSSR count). The highest BCUT2D eigenvalue weighted by Gasteiger charge is 2.30. The van der Waals surface area contributed by atoms with Crippen molar-refractivity contribution in [3.05, 3.63) is 34.9 Å². The first-order valence-corrected chi connectivity index (χ1v) is 7.17. The molecule has 1 heterocycles. The number of aryl methyl sites for hydroxylation is 1. The summed E-state index contributed by atoms with van der Waals surface area (Å²) in [6.07, 6.45) is 0.696. The summed E-state index contributed by atoms with van der Waals surface area (Å²) < 4.78 is 10.4. The van der Waals surface area contributed by atoms with E-state index in [0.29, 0.717) is 12.1 Å². The fraction of sp³-hybridized carbons (Fsp3) is 0.438. The van der Waals surface area contributed by atoms with Crippen LogP contribution in [-0.4, -0.2) is 24.9 Å². The molecule has 0 saturated heterocycles. The van der Waals surface area contributed by atoms with Gasteiger partial charge < -0.3 is 14.5 Å². The number of carbonyl (C=O) groups excluding carboxylic acids is 2. The Morgan fingerprint density at radius 2 is 2.27 bits per heavy atom. The predicted molar refractivity (Wildman–Crippen MR) is 77.7 cm³/mol. The molecule has 22 heavy (non-hydrogen) atoms. The second kappa shape index (κ2) is 6.94. The van der Waals surface area contributed by atoms with Gasteiger partial charge >= 0.3 is 5.97 Å². The third kappa shape index (κ3) is 3.55. The van der Waals surface area contributed by atoms with Crippen molar-refractivity contribution >= 4 is 11.8 Å². The SMILES string of the molecule is CCOC(=O)CNC1=C(C#N)C(=O)CC(c2ccc(C)o2)C1. The molecule has 1 unspecified atom stereocenters. The number of furan rings is 1. The topological polar surface area (TPSA) is 92.3 Å². The number of rotatable bonds is 5. The number of allylic oxidation sites excluding steroid dienone is 2. The van der Waals surface area contributed by atoms with Gasteiger partial charge in [-0.2, -0.15) is 5.26 Å². The van der Waals surface area contributed by atoms with E-state index in [9.17, 15) is 9.59 Å². The molecule has 0 spiro atoms. The monoisotopic (exact) mass is 302 g/mol. The Balaban J connectivity index is 2.15. The zero-order valence-electron chi connectivity index (χ0n) is 12.6. The number of nitriles is 1. The van der Waals surface area contributed by atoms with Crippen LogP contribution in [0.15, 0.2) is 27.8 Å². The molecular weight excluding hydrogens is 284 g/mol. The van der Waals surface area contributed by atoms with Crippen molar-refractivity contribution < 1.29 is 18.7 Å². The summed E-state index contributed by atoms with van der Waals surface area (Å²) >= 11 is 0. The van der Waals surface area contributed by atoms with Crippen LogP contribution in [-0.2, 0) is 14.3 Å². The Labute approximate surface area is 128 Å². The van der Waals surface area contributed by atoms with Crippen molar-refractivity contribution in [2.45, 2.75) is 32.6 Å². The van der Waals surface area contributed by atoms with Crippen molar-refractivity contribution in [3.63, 3.8) is 0 Å². The first-order valence-electron chi connectivity index (χ1n) is 7.17. The van der Waals surface area contributed by atoms with Gasteiger partial charge in [0, 0.05) is 18.0 Å². The molecule has 6 nitrogen and oxygen atoms in total. The Kier molecular flexibility index (Phi) is 4.99. The molecule has 6 heteroatoms. The third-order valence-electron chi connectivity index (χ3n) is 3.49. The number of nitrogens with one attached hydrogen (secondary N) is 1. The van der Waals surface area contributed by atoms with Crippen LogP contribution in [0, 0.1) is 18.3 Å². The van der Waals surface area contributed by atoms with E-state index in [1.165, 1.54) is 0 Å². The summed E-state index contributed by atoms with van der Waals surface area (Å²) in [5, 5.41) is 12.0. The van der Waals surface area contributed by atoms with Crippen LogP contribution < -0.4 is 5.32 Å². The van der Waals surface area contributed by atoms with E-state index >= 15 is 0 Å². The van der Waals surface area contributed by atoms with Crippen LogP contribution in [0.1, 0.15) is 37.2 Å². The minimum atomic E-state index is -0.421. The first-order chi connectivity index (χ1) is 10.5. The van der Waals surface area contributed by atoms with Crippen molar-refractivity contribution in [2.24, 2.45) is 0 Å². The molecule has 0 aliphatic heterocycles. The Morgan fingerprint density at radius 3 is 2.86 bits per heavy atom. The smallest absolute Gasteiger partial charge is 0.325 e. The molecule has 1 N–H and O–H groups in total. The second-order valence-electron chi connectivity index (χ2n) is 5.10. The van der Waals surface area contributed by atoms with Gasteiger partial charge in [0.15, 0.2) is 5.78 Å². The van der Waals surface area contributed by atoms with Gasteiger partial charge in [-0.05, 0) is 32.4 Å². The summed E-state index contributed by atoms with van der Waals surface area (Å²) in [5.74, 6) is 0.717. The molecule has 116 valence electrons. The van der Waals surface area contributed by atoms with Crippen LogP contribution in [0.5, 0.6) is 0 Å². The van der Waals surface area contributed by atoms with Gasteiger partial charge in [-0.25, -0.2) is 0 Å². The van der Waals surface area contributed by atoms with Gasteiger partial charge in [0.05, 0.1) is 6.61 Å². The molecule has 1 aromatic heterocycles. The molecule has 0 amide bonds. The Bertz CT molecular complexity index is 651. The van der Waals surface area contributed by atoms with Crippen molar-refractivity contribution in [2.75, 3.05) is 13.2 Å². The van der Waals surface area contributed by atoms with E-state index < -0.39 is 5.97 Å². The quantitative estimate of drug-likeness (QED) is 0.836. The fourth-order valence-electron chi connectivity index (χ4n) is 2.47. The number of ether oxygens (including phenoxy) is 1. The van der Waals surface area contributed by atoms with Gasteiger partial charge in [0.1, 0.15) is 29.7 Å². The maximum absolute atomic E-state index is 12.1. The number of esters is 1. The van der Waals surface area contributed by atoms with E-state index in [4.69, 9.17) is 14.4 Å². The molecular formula is C16H18N2O4. The van der Waals surface area contributed by atoms with Crippen molar-refractivity contribution in [1.29, 1.82) is 5.26 Å². The molecule has 1 aromatic rings. The van der Waals surface area contributed by atoms with Crippen molar-refractivity contribution in [3.8, 4) is 6.07 Å². The summed E-state index contributed by atoms with van der Waals surface area (Å²) in [4.78, 5) is 23.5. The van der Waals surface area contributed by atoms with Crippen LogP contribution in [0.2, 0.25) is 0 Å². The van der Waals surface area contributed by atoms with Gasteiger partial charge in [0.2, 0.25) is 0 Å². The van der Waals surface area contributed by atoms with E-state index in [0.717, 1.165) is 11.5 Å². The van der Waals surface area contributed by atoms with E-state index in [1.807, 2.05) is 25.1 Å². The van der Waals surface area contributed by atoms with Crippen LogP contribution in [0.25, 0.3) is 0 Å². The number of carbonyl (C=O) groups is 2. The maximum atomic E-state index is 12.1. The van der Waals surface area contributed by atoms with Gasteiger partial charge in [0.25, 0.3) is 0 Å². The summed E-state index contributed by atoms with van der Waals surface area (Å²) in [6, 6.07) is 5.60. The summed E-state index contributed by atoms with van der Waals surface area (Å²) in [7, 11) is 0. The minimum absolute atomic E-state index is 0.0640.